The average molecular weight is 379 g/mol. The number of hydrogen-bond acceptors (Lipinski definition) is 7. The maximum atomic E-state index is 5.39. The van der Waals surface area contributed by atoms with Crippen molar-refractivity contribution in [3.8, 4) is 22.8 Å². The Bertz CT molecular complexity index is 1070. The van der Waals surface area contributed by atoms with E-state index in [4.69, 9.17) is 14.6 Å². The lowest BCUT2D eigenvalue weighted by molar-refractivity contribution is 0.355. The third-order valence-electron chi connectivity index (χ3n) is 4.00. The molecule has 0 spiro atoms. The third-order valence-corrected chi connectivity index (χ3v) is 4.99. The lowest BCUT2D eigenvalue weighted by atomic mass is 10.1. The smallest absolute Gasteiger partial charge is 0.212 e. The standard InChI is InChI=1S/C19H17N5O2S/c1-25-16-7-5-14(10-17(16)26-2)15-6-8-18-21-22-19(24(18)23-15)27-12-13-4-3-9-20-11-13/h3-11H,12H2,1-2H3. The Morgan fingerprint density at radius 2 is 1.89 bits per heavy atom. The summed E-state index contributed by atoms with van der Waals surface area (Å²) in [6.07, 6.45) is 3.61. The second-order valence-corrected chi connectivity index (χ2v) is 6.63. The van der Waals surface area contributed by atoms with Gasteiger partial charge in [0.25, 0.3) is 0 Å². The Kier molecular flexibility index (Phi) is 4.88. The van der Waals surface area contributed by atoms with Gasteiger partial charge in [-0.1, -0.05) is 17.8 Å². The van der Waals surface area contributed by atoms with Crippen LogP contribution in [-0.2, 0) is 5.75 Å². The van der Waals surface area contributed by atoms with Gasteiger partial charge in [0.15, 0.2) is 17.1 Å². The minimum absolute atomic E-state index is 0.659. The minimum Gasteiger partial charge on any atom is -0.493 e. The molecule has 0 aliphatic rings. The SMILES string of the molecule is COc1ccc(-c2ccc3nnc(SCc4cccnc4)n3n2)cc1OC. The molecular weight excluding hydrogens is 362 g/mol. The number of benzene rings is 1. The van der Waals surface area contributed by atoms with E-state index in [1.54, 1.807) is 36.7 Å². The van der Waals surface area contributed by atoms with Crippen molar-refractivity contribution >= 4 is 17.4 Å². The third kappa shape index (κ3) is 3.56. The van der Waals surface area contributed by atoms with E-state index in [0.717, 1.165) is 27.7 Å². The summed E-state index contributed by atoms with van der Waals surface area (Å²) in [5.41, 5.74) is 3.54. The molecule has 1 aromatic carbocycles. The highest BCUT2D eigenvalue weighted by molar-refractivity contribution is 7.98. The number of nitrogens with zero attached hydrogens (tertiary/aromatic N) is 5. The summed E-state index contributed by atoms with van der Waals surface area (Å²) in [5, 5.41) is 13.9. The highest BCUT2D eigenvalue weighted by Crippen LogP contribution is 2.32. The Balaban J connectivity index is 1.65. The monoisotopic (exact) mass is 379 g/mol. The van der Waals surface area contributed by atoms with Crippen molar-refractivity contribution in [2.45, 2.75) is 10.9 Å². The lowest BCUT2D eigenvalue weighted by Gasteiger charge is -2.09. The summed E-state index contributed by atoms with van der Waals surface area (Å²) < 4.78 is 12.4. The minimum atomic E-state index is 0.659. The molecule has 8 heteroatoms. The fourth-order valence-electron chi connectivity index (χ4n) is 2.64. The zero-order valence-electron chi connectivity index (χ0n) is 14.9. The Morgan fingerprint density at radius 3 is 2.67 bits per heavy atom. The first-order valence-electron chi connectivity index (χ1n) is 8.25. The average Bonchev–Trinajstić information content (AvgIpc) is 3.14. The van der Waals surface area contributed by atoms with E-state index in [1.165, 1.54) is 0 Å². The summed E-state index contributed by atoms with van der Waals surface area (Å²) in [7, 11) is 3.23. The number of ether oxygens (including phenoxy) is 2. The maximum absolute atomic E-state index is 5.39. The van der Waals surface area contributed by atoms with E-state index in [-0.39, 0.29) is 0 Å². The van der Waals surface area contributed by atoms with E-state index < -0.39 is 0 Å². The van der Waals surface area contributed by atoms with Crippen LogP contribution in [0.15, 0.2) is 60.0 Å². The van der Waals surface area contributed by atoms with Crippen LogP contribution in [0.1, 0.15) is 5.56 Å². The molecule has 3 aromatic heterocycles. The van der Waals surface area contributed by atoms with Gasteiger partial charge in [-0.25, -0.2) is 0 Å². The lowest BCUT2D eigenvalue weighted by Crippen LogP contribution is -1.97. The van der Waals surface area contributed by atoms with Crippen LogP contribution in [0, 0.1) is 0 Å². The second-order valence-electron chi connectivity index (χ2n) is 5.69. The Hall–Kier alpha value is -3.13. The van der Waals surface area contributed by atoms with Crippen LogP contribution in [0.3, 0.4) is 0 Å². The predicted octanol–water partition coefficient (Wildman–Crippen LogP) is 3.50. The first-order chi connectivity index (χ1) is 13.3. The van der Waals surface area contributed by atoms with Crippen LogP contribution in [0.2, 0.25) is 0 Å². The summed E-state index contributed by atoms with van der Waals surface area (Å²) in [6, 6.07) is 13.5. The van der Waals surface area contributed by atoms with Gasteiger partial charge in [0.1, 0.15) is 0 Å². The molecule has 136 valence electrons. The van der Waals surface area contributed by atoms with Crippen molar-refractivity contribution in [1.29, 1.82) is 0 Å². The topological polar surface area (TPSA) is 74.4 Å². The van der Waals surface area contributed by atoms with E-state index in [0.29, 0.717) is 17.1 Å². The molecule has 0 radical (unpaired) electrons. The van der Waals surface area contributed by atoms with Gasteiger partial charge < -0.3 is 9.47 Å². The first kappa shape index (κ1) is 17.3. The van der Waals surface area contributed by atoms with Crippen LogP contribution in [0.4, 0.5) is 0 Å². The summed E-state index contributed by atoms with van der Waals surface area (Å²) in [6.45, 7) is 0. The fraction of sp³-hybridized carbons (Fsp3) is 0.158. The molecule has 0 unspecified atom stereocenters. The van der Waals surface area contributed by atoms with Gasteiger partial charge in [-0.2, -0.15) is 9.61 Å². The molecule has 4 rings (SSSR count). The van der Waals surface area contributed by atoms with Gasteiger partial charge in [0.2, 0.25) is 5.16 Å². The zero-order chi connectivity index (χ0) is 18.6. The highest BCUT2D eigenvalue weighted by atomic mass is 32.2. The van der Waals surface area contributed by atoms with Crippen molar-refractivity contribution in [1.82, 2.24) is 24.8 Å². The summed E-state index contributed by atoms with van der Waals surface area (Å²) >= 11 is 1.57. The Morgan fingerprint density at radius 1 is 1.00 bits per heavy atom. The van der Waals surface area contributed by atoms with Gasteiger partial charge in [-0.3, -0.25) is 4.98 Å². The number of pyridine rings is 1. The molecule has 0 bridgehead atoms. The van der Waals surface area contributed by atoms with Gasteiger partial charge in [-0.15, -0.1) is 10.2 Å². The molecule has 0 aliphatic carbocycles. The molecule has 27 heavy (non-hydrogen) atoms. The molecular formula is C19H17N5O2S. The summed E-state index contributed by atoms with van der Waals surface area (Å²) in [4.78, 5) is 4.14. The number of thioether (sulfide) groups is 1. The summed E-state index contributed by atoms with van der Waals surface area (Å²) in [5.74, 6) is 2.09. The van der Waals surface area contributed by atoms with Crippen LogP contribution < -0.4 is 9.47 Å². The van der Waals surface area contributed by atoms with E-state index >= 15 is 0 Å². The van der Waals surface area contributed by atoms with Crippen molar-refractivity contribution in [2.24, 2.45) is 0 Å². The molecule has 7 nitrogen and oxygen atoms in total. The molecule has 0 fully saturated rings. The van der Waals surface area contributed by atoms with Gasteiger partial charge >= 0.3 is 0 Å². The van der Waals surface area contributed by atoms with Crippen molar-refractivity contribution in [2.75, 3.05) is 14.2 Å². The van der Waals surface area contributed by atoms with Crippen LogP contribution in [0.5, 0.6) is 11.5 Å². The number of aromatic nitrogens is 5. The molecule has 0 atom stereocenters. The van der Waals surface area contributed by atoms with E-state index in [9.17, 15) is 0 Å². The molecule has 4 aromatic rings. The van der Waals surface area contributed by atoms with Gasteiger partial charge in [-0.05, 0) is 42.0 Å². The molecule has 0 saturated heterocycles. The van der Waals surface area contributed by atoms with Crippen LogP contribution in [0.25, 0.3) is 16.9 Å². The van der Waals surface area contributed by atoms with Gasteiger partial charge in [0, 0.05) is 23.7 Å². The van der Waals surface area contributed by atoms with Crippen molar-refractivity contribution in [3.63, 3.8) is 0 Å². The van der Waals surface area contributed by atoms with Crippen LogP contribution >= 0.6 is 11.8 Å². The fourth-order valence-corrected chi connectivity index (χ4v) is 3.46. The number of hydrogen-bond donors (Lipinski definition) is 0. The van der Waals surface area contributed by atoms with Crippen molar-refractivity contribution in [3.05, 3.63) is 60.4 Å². The number of rotatable bonds is 6. The zero-order valence-corrected chi connectivity index (χ0v) is 15.7. The molecule has 0 aliphatic heterocycles. The second kappa shape index (κ2) is 7.63. The predicted molar refractivity (Wildman–Crippen MR) is 103 cm³/mol. The number of methoxy groups -OCH3 is 2. The molecule has 3 heterocycles. The van der Waals surface area contributed by atoms with Crippen molar-refractivity contribution < 1.29 is 9.47 Å². The normalized spacial score (nSPS) is 10.9. The number of fused-ring (bicyclic) bond motifs is 1. The first-order valence-corrected chi connectivity index (χ1v) is 9.23. The van der Waals surface area contributed by atoms with E-state index in [1.807, 2.05) is 48.7 Å². The van der Waals surface area contributed by atoms with E-state index in [2.05, 4.69) is 15.2 Å². The molecule has 0 amide bonds. The van der Waals surface area contributed by atoms with Crippen LogP contribution in [-0.4, -0.2) is 39.0 Å². The molecule has 0 saturated carbocycles. The van der Waals surface area contributed by atoms with Gasteiger partial charge in [0.05, 0.1) is 19.9 Å². The largest absolute Gasteiger partial charge is 0.493 e. The molecule has 0 N–H and O–H groups in total. The maximum Gasteiger partial charge on any atom is 0.212 e. The highest BCUT2D eigenvalue weighted by Gasteiger charge is 2.12. The Labute approximate surface area is 160 Å². The quantitative estimate of drug-likeness (QED) is 0.475.